The Kier molecular flexibility index (Phi) is 10.8. The lowest BCUT2D eigenvalue weighted by atomic mass is 10.0. The molecular weight excluding hydrogens is 389 g/mol. The average Bonchev–Trinajstić information content (AvgIpc) is 2.40. The van der Waals surface area contributed by atoms with Gasteiger partial charge in [0.25, 0.3) is 0 Å². The van der Waals surface area contributed by atoms with Crippen LogP contribution in [0.5, 0.6) is 0 Å². The molecule has 2 N–H and O–H groups in total. The topological polar surface area (TPSA) is 36.4 Å². The number of halogens is 1. The number of hydrogen-bond acceptors (Lipinski definition) is 3. The summed E-state index contributed by atoms with van der Waals surface area (Å²) in [5, 5.41) is 6.87. The van der Waals surface area contributed by atoms with Gasteiger partial charge in [-0.3, -0.25) is 4.99 Å². The van der Waals surface area contributed by atoms with Crippen LogP contribution in [0.1, 0.15) is 26.7 Å². The largest absolute Gasteiger partial charge is 0.356 e. The van der Waals surface area contributed by atoms with E-state index in [1.54, 1.807) is 0 Å². The standard InChI is InChI=1S/C13H27N3S2.HI/c1-13(2,17-4)10-16-12(14-3)15-9-11-5-7-18-8-6-11;/h11H,5-10H2,1-4H3,(H2,14,15,16);1H. The number of guanidine groups is 1. The summed E-state index contributed by atoms with van der Waals surface area (Å²) in [6.45, 7) is 6.49. The molecule has 3 nitrogen and oxygen atoms in total. The van der Waals surface area contributed by atoms with Crippen LogP contribution in [-0.4, -0.2) is 48.6 Å². The molecule has 1 heterocycles. The summed E-state index contributed by atoms with van der Waals surface area (Å²) < 4.78 is 0.249. The molecule has 0 spiro atoms. The van der Waals surface area contributed by atoms with E-state index in [0.29, 0.717) is 0 Å². The van der Waals surface area contributed by atoms with Crippen molar-refractivity contribution in [1.82, 2.24) is 10.6 Å². The van der Waals surface area contributed by atoms with Crippen LogP contribution in [0.4, 0.5) is 0 Å². The summed E-state index contributed by atoms with van der Waals surface area (Å²) in [5.74, 6) is 4.39. The van der Waals surface area contributed by atoms with Crippen molar-refractivity contribution in [3.63, 3.8) is 0 Å². The third kappa shape index (κ3) is 8.55. The molecule has 0 saturated carbocycles. The summed E-state index contributed by atoms with van der Waals surface area (Å²) >= 11 is 3.96. The molecule has 0 aromatic rings. The van der Waals surface area contributed by atoms with Crippen molar-refractivity contribution in [2.75, 3.05) is 37.9 Å². The van der Waals surface area contributed by atoms with Gasteiger partial charge in [0.05, 0.1) is 0 Å². The normalized spacial score (nSPS) is 17.8. The van der Waals surface area contributed by atoms with Crippen LogP contribution >= 0.6 is 47.5 Å². The number of hydrogen-bond donors (Lipinski definition) is 2. The van der Waals surface area contributed by atoms with Crippen molar-refractivity contribution in [2.45, 2.75) is 31.4 Å². The fraction of sp³-hybridized carbons (Fsp3) is 0.923. The number of nitrogens with one attached hydrogen (secondary N) is 2. The SMILES string of the molecule is CN=C(NCC1CCSCC1)NCC(C)(C)SC.I. The highest BCUT2D eigenvalue weighted by Gasteiger charge is 2.17. The molecule has 1 aliphatic rings. The van der Waals surface area contributed by atoms with Gasteiger partial charge in [-0.15, -0.1) is 24.0 Å². The highest BCUT2D eigenvalue weighted by atomic mass is 127. The van der Waals surface area contributed by atoms with Crippen LogP contribution in [0.2, 0.25) is 0 Å². The fourth-order valence-electron chi connectivity index (χ4n) is 1.78. The van der Waals surface area contributed by atoms with Crippen molar-refractivity contribution in [3.05, 3.63) is 0 Å². The number of thioether (sulfide) groups is 2. The van der Waals surface area contributed by atoms with Crippen molar-refractivity contribution in [1.29, 1.82) is 0 Å². The number of nitrogens with zero attached hydrogens (tertiary/aromatic N) is 1. The van der Waals surface area contributed by atoms with Crippen molar-refractivity contribution >= 4 is 53.5 Å². The first-order valence-electron chi connectivity index (χ1n) is 6.65. The van der Waals surface area contributed by atoms with Gasteiger partial charge >= 0.3 is 0 Å². The summed E-state index contributed by atoms with van der Waals surface area (Å²) in [6.07, 6.45) is 4.83. The van der Waals surface area contributed by atoms with E-state index in [4.69, 9.17) is 0 Å². The second kappa shape index (κ2) is 10.4. The van der Waals surface area contributed by atoms with Crippen LogP contribution in [0.25, 0.3) is 0 Å². The van der Waals surface area contributed by atoms with Crippen LogP contribution in [0.3, 0.4) is 0 Å². The van der Waals surface area contributed by atoms with E-state index >= 15 is 0 Å². The Hall–Kier alpha value is 0.700. The molecule has 0 unspecified atom stereocenters. The fourth-order valence-corrected chi connectivity index (χ4v) is 3.20. The first-order valence-corrected chi connectivity index (χ1v) is 9.03. The molecule has 6 heteroatoms. The highest BCUT2D eigenvalue weighted by Crippen LogP contribution is 2.22. The molecule has 0 radical (unpaired) electrons. The quantitative estimate of drug-likeness (QED) is 0.410. The van der Waals surface area contributed by atoms with E-state index in [9.17, 15) is 0 Å². The Morgan fingerprint density at radius 1 is 1.32 bits per heavy atom. The molecule has 0 aliphatic carbocycles. The molecule has 114 valence electrons. The van der Waals surface area contributed by atoms with Gasteiger partial charge < -0.3 is 10.6 Å². The molecule has 0 aromatic heterocycles. The third-order valence-electron chi connectivity index (χ3n) is 3.36. The Morgan fingerprint density at radius 2 is 1.95 bits per heavy atom. The Morgan fingerprint density at radius 3 is 2.47 bits per heavy atom. The molecule has 1 aliphatic heterocycles. The second-order valence-electron chi connectivity index (χ2n) is 5.33. The van der Waals surface area contributed by atoms with Gasteiger partial charge in [0, 0.05) is 24.9 Å². The smallest absolute Gasteiger partial charge is 0.191 e. The highest BCUT2D eigenvalue weighted by molar-refractivity contribution is 14.0. The van der Waals surface area contributed by atoms with Gasteiger partial charge in [0.2, 0.25) is 0 Å². The Bertz CT molecular complexity index is 267. The minimum absolute atomic E-state index is 0. The van der Waals surface area contributed by atoms with Gasteiger partial charge in [-0.2, -0.15) is 23.5 Å². The van der Waals surface area contributed by atoms with Crippen LogP contribution in [0.15, 0.2) is 4.99 Å². The Balaban J connectivity index is 0.00000324. The maximum Gasteiger partial charge on any atom is 0.191 e. The van der Waals surface area contributed by atoms with E-state index in [0.717, 1.165) is 25.0 Å². The molecule has 0 aromatic carbocycles. The van der Waals surface area contributed by atoms with Crippen LogP contribution in [-0.2, 0) is 0 Å². The molecular formula is C13H28IN3S2. The summed E-state index contributed by atoms with van der Waals surface area (Å²) in [5.41, 5.74) is 0. The van der Waals surface area contributed by atoms with E-state index in [1.165, 1.54) is 24.3 Å². The lowest BCUT2D eigenvalue weighted by Crippen LogP contribution is -2.44. The van der Waals surface area contributed by atoms with Crippen molar-refractivity contribution < 1.29 is 0 Å². The van der Waals surface area contributed by atoms with Gasteiger partial charge in [-0.05, 0) is 50.4 Å². The minimum Gasteiger partial charge on any atom is -0.356 e. The molecule has 1 saturated heterocycles. The molecule has 0 bridgehead atoms. The zero-order chi connectivity index (χ0) is 13.4. The van der Waals surface area contributed by atoms with Crippen molar-refractivity contribution in [2.24, 2.45) is 10.9 Å². The number of aliphatic imine (C=N–C) groups is 1. The van der Waals surface area contributed by atoms with Gasteiger partial charge in [-0.25, -0.2) is 0 Å². The summed E-state index contributed by atoms with van der Waals surface area (Å²) in [4.78, 5) is 4.29. The van der Waals surface area contributed by atoms with E-state index < -0.39 is 0 Å². The molecule has 0 atom stereocenters. The monoisotopic (exact) mass is 417 g/mol. The predicted molar refractivity (Wildman–Crippen MR) is 102 cm³/mol. The first-order chi connectivity index (χ1) is 8.57. The third-order valence-corrected chi connectivity index (χ3v) is 5.66. The lowest BCUT2D eigenvalue weighted by molar-refractivity contribution is 0.478. The summed E-state index contributed by atoms with van der Waals surface area (Å²) in [7, 11) is 1.85. The molecule has 1 rings (SSSR count). The lowest BCUT2D eigenvalue weighted by Gasteiger charge is -2.26. The van der Waals surface area contributed by atoms with E-state index in [1.807, 2.05) is 18.8 Å². The average molecular weight is 417 g/mol. The molecule has 19 heavy (non-hydrogen) atoms. The zero-order valence-electron chi connectivity index (χ0n) is 12.5. The predicted octanol–water partition coefficient (Wildman–Crippen LogP) is 3.05. The minimum atomic E-state index is 0. The van der Waals surface area contributed by atoms with Crippen LogP contribution < -0.4 is 10.6 Å². The summed E-state index contributed by atoms with van der Waals surface area (Å²) in [6, 6.07) is 0. The van der Waals surface area contributed by atoms with E-state index in [2.05, 4.69) is 47.5 Å². The van der Waals surface area contributed by atoms with Gasteiger partial charge in [0.15, 0.2) is 5.96 Å². The van der Waals surface area contributed by atoms with Gasteiger partial charge in [-0.1, -0.05) is 0 Å². The van der Waals surface area contributed by atoms with Crippen molar-refractivity contribution in [3.8, 4) is 0 Å². The zero-order valence-corrected chi connectivity index (χ0v) is 16.5. The van der Waals surface area contributed by atoms with E-state index in [-0.39, 0.29) is 28.7 Å². The maximum absolute atomic E-state index is 4.29. The first kappa shape index (κ1) is 19.7. The maximum atomic E-state index is 4.29. The van der Waals surface area contributed by atoms with Gasteiger partial charge in [0.1, 0.15) is 0 Å². The molecule has 0 amide bonds. The molecule has 1 fully saturated rings. The van der Waals surface area contributed by atoms with Crippen LogP contribution in [0, 0.1) is 5.92 Å². The second-order valence-corrected chi connectivity index (χ2v) is 8.06. The Labute approximate surface area is 143 Å². The number of rotatable bonds is 5.